The van der Waals surface area contributed by atoms with Crippen molar-refractivity contribution >= 4 is 88.4 Å². The van der Waals surface area contributed by atoms with Gasteiger partial charge in [0.2, 0.25) is 0 Å². The molecule has 12 heteroatoms. The van der Waals surface area contributed by atoms with E-state index in [9.17, 15) is 0 Å². The number of rotatable bonds is 8. The molecule has 66 heavy (non-hydrogen) atoms. The molecule has 3 aromatic heterocycles. The fourth-order valence-corrected chi connectivity index (χ4v) is 8.54. The van der Waals surface area contributed by atoms with Gasteiger partial charge in [-0.1, -0.05) is 163 Å². The summed E-state index contributed by atoms with van der Waals surface area (Å²) < 4.78 is 2.28. The van der Waals surface area contributed by atoms with Gasteiger partial charge >= 0.3 is 0 Å². The monoisotopic (exact) mass is 831 g/mol. The van der Waals surface area contributed by atoms with E-state index >= 15 is 0 Å². The molecule has 0 spiro atoms. The van der Waals surface area contributed by atoms with Gasteiger partial charge in [-0.05, 0) is 41.5 Å². The van der Waals surface area contributed by atoms with Crippen LogP contribution in [0.1, 0.15) is 0 Å². The molecule has 0 atom stereocenters. The van der Waals surface area contributed by atoms with Crippen LogP contribution in [0.3, 0.4) is 0 Å². The number of hydrogen-bond donors (Lipinski definition) is 0. The Balaban J connectivity index is 1.23. The fraction of sp³-hybridized carbons (Fsp3) is 0. The van der Waals surface area contributed by atoms with E-state index in [0.29, 0.717) is 40.2 Å². The normalized spacial score (nSPS) is 11.3. The molecule has 10 radical (unpaired) electrons. The fourth-order valence-electron chi connectivity index (χ4n) is 8.54. The smallest absolute Gasteiger partial charge is 0.166 e. The summed E-state index contributed by atoms with van der Waals surface area (Å²) in [6.07, 6.45) is 0. The van der Waals surface area contributed by atoms with Crippen molar-refractivity contribution in [2.45, 2.75) is 0 Å². The maximum absolute atomic E-state index is 6.63. The van der Waals surface area contributed by atoms with Gasteiger partial charge in [-0.25, -0.2) is 29.9 Å². The van der Waals surface area contributed by atoms with Crippen LogP contribution in [0, 0.1) is 0 Å². The summed E-state index contributed by atoms with van der Waals surface area (Å²) in [6.45, 7) is 0. The Morgan fingerprint density at radius 1 is 0.303 bits per heavy atom. The van der Waals surface area contributed by atoms with Crippen LogP contribution in [0.25, 0.3) is 107 Å². The highest BCUT2D eigenvalue weighted by Crippen LogP contribution is 2.41. The molecule has 0 N–H and O–H groups in total. The third-order valence-electron chi connectivity index (χ3n) is 11.8. The van der Waals surface area contributed by atoms with Gasteiger partial charge in [0, 0.05) is 44.2 Å². The van der Waals surface area contributed by atoms with Crippen LogP contribution in [0.15, 0.2) is 182 Å². The molecule has 7 nitrogen and oxygen atoms in total. The lowest BCUT2D eigenvalue weighted by molar-refractivity contribution is 1.06. The lowest BCUT2D eigenvalue weighted by Gasteiger charge is -2.21. The largest absolute Gasteiger partial charge is 0.308 e. The third kappa shape index (κ3) is 7.11. The van der Waals surface area contributed by atoms with Crippen LogP contribution in [0.2, 0.25) is 0 Å². The second kappa shape index (κ2) is 16.8. The van der Waals surface area contributed by atoms with Crippen molar-refractivity contribution in [1.29, 1.82) is 0 Å². The average Bonchev–Trinajstić information content (AvgIpc) is 3.72. The first-order valence-corrected chi connectivity index (χ1v) is 21.2. The number of nitrogens with zero attached hydrogens (tertiary/aromatic N) is 7. The molecule has 0 bridgehead atoms. The van der Waals surface area contributed by atoms with Crippen molar-refractivity contribution in [1.82, 2.24) is 34.5 Å². The topological polar surface area (TPSA) is 82.3 Å². The average molecular weight is 831 g/mol. The van der Waals surface area contributed by atoms with Gasteiger partial charge in [0.05, 0.1) is 16.7 Å². The van der Waals surface area contributed by atoms with Crippen molar-refractivity contribution in [2.24, 2.45) is 0 Å². The summed E-state index contributed by atoms with van der Waals surface area (Å²) in [5, 5.41) is 2.21. The molecule has 0 unspecified atom stereocenters. The number of para-hydroxylation sites is 1. The van der Waals surface area contributed by atoms with Crippen LogP contribution in [-0.4, -0.2) is 73.7 Å². The summed E-state index contributed by atoms with van der Waals surface area (Å²) in [7, 11) is 32.3. The first-order valence-electron chi connectivity index (χ1n) is 21.2. The van der Waals surface area contributed by atoms with E-state index < -0.39 is 0 Å². The molecule has 0 saturated carbocycles. The standard InChI is InChI=1S/C54H30B5N7/c55-44-43(45(56)47(58)48(59)46(44)57)54-64-51(34-22-11-4-12-23-34)61-52(65-54)35-28-29-40(66-39-26-14-13-24-37(39)42-36(25-15-27-41(42)66)31-16-5-1-6-17-31)38(30-35)53-62-49(32-18-7-2-8-19-32)60-50(63-53)33-20-9-3-10-21-33/h1-30H. The zero-order valence-electron chi connectivity index (χ0n) is 35.3. The SMILES string of the molecule is [B]c1c([B])c([B])c(-c2nc(-c3ccccc3)nc(-c3ccc(-n4c5ccccc5c5c(-c6ccccc6)cccc54)c(-c4nc(-c5ccccc5)nc(-c5ccccc5)n4)c3)n2)c([B])c1[B]. The summed E-state index contributed by atoms with van der Waals surface area (Å²) >= 11 is 0. The van der Waals surface area contributed by atoms with Crippen LogP contribution in [0.5, 0.6) is 0 Å². The Morgan fingerprint density at radius 3 is 1.27 bits per heavy atom. The van der Waals surface area contributed by atoms with E-state index in [1.54, 1.807) is 0 Å². The van der Waals surface area contributed by atoms with E-state index in [-0.39, 0.29) is 38.7 Å². The Labute approximate surface area is 388 Å². The molecule has 296 valence electrons. The number of aromatic nitrogens is 7. The Morgan fingerprint density at radius 2 is 0.727 bits per heavy atom. The van der Waals surface area contributed by atoms with Gasteiger partial charge in [-0.15, -0.1) is 16.4 Å². The molecule has 0 aliphatic rings. The second-order valence-corrected chi connectivity index (χ2v) is 15.8. The maximum Gasteiger partial charge on any atom is 0.166 e. The van der Waals surface area contributed by atoms with Crippen molar-refractivity contribution < 1.29 is 0 Å². The lowest BCUT2D eigenvalue weighted by atomic mass is 9.60. The zero-order chi connectivity index (χ0) is 44.9. The van der Waals surface area contributed by atoms with Gasteiger partial charge in [0.25, 0.3) is 0 Å². The number of benzene rings is 8. The maximum atomic E-state index is 6.63. The molecule has 0 amide bonds. The molecule has 0 fully saturated rings. The van der Waals surface area contributed by atoms with Crippen LogP contribution in [0.4, 0.5) is 0 Å². The molecule has 0 saturated heterocycles. The van der Waals surface area contributed by atoms with Crippen molar-refractivity contribution in [3.05, 3.63) is 182 Å². The van der Waals surface area contributed by atoms with Crippen LogP contribution in [-0.2, 0) is 0 Å². The van der Waals surface area contributed by atoms with E-state index in [2.05, 4.69) is 77.4 Å². The molecule has 8 aromatic carbocycles. The molecule has 11 aromatic rings. The van der Waals surface area contributed by atoms with Crippen molar-refractivity contribution in [3.8, 4) is 85.1 Å². The van der Waals surface area contributed by atoms with Crippen molar-refractivity contribution in [3.63, 3.8) is 0 Å². The summed E-state index contributed by atoms with van der Waals surface area (Å²) in [5.41, 5.74) is 9.57. The van der Waals surface area contributed by atoms with Crippen molar-refractivity contribution in [2.75, 3.05) is 0 Å². The Kier molecular flexibility index (Phi) is 10.3. The highest BCUT2D eigenvalue weighted by molar-refractivity contribution is 6.68. The van der Waals surface area contributed by atoms with E-state index in [1.807, 2.05) is 109 Å². The van der Waals surface area contributed by atoms with Gasteiger partial charge in [0.1, 0.15) is 39.2 Å². The molecule has 11 rings (SSSR count). The quantitative estimate of drug-likeness (QED) is 0.157. The first kappa shape index (κ1) is 40.7. The lowest BCUT2D eigenvalue weighted by Crippen LogP contribution is -2.55. The Hall–Kier alpha value is -8.10. The second-order valence-electron chi connectivity index (χ2n) is 15.8. The number of hydrogen-bond acceptors (Lipinski definition) is 6. The minimum absolute atomic E-state index is 0.0893. The molecule has 0 aliphatic heterocycles. The van der Waals surface area contributed by atoms with E-state index in [1.165, 1.54) is 0 Å². The van der Waals surface area contributed by atoms with Gasteiger partial charge < -0.3 is 4.57 Å². The van der Waals surface area contributed by atoms with E-state index in [4.69, 9.17) is 69.1 Å². The highest BCUT2D eigenvalue weighted by Gasteiger charge is 2.24. The van der Waals surface area contributed by atoms with Gasteiger partial charge in [0.15, 0.2) is 34.9 Å². The predicted octanol–water partition coefficient (Wildman–Crippen LogP) is 6.79. The predicted molar refractivity (Wildman–Crippen MR) is 273 cm³/mol. The zero-order valence-corrected chi connectivity index (χ0v) is 35.3. The molecule has 0 aliphatic carbocycles. The summed E-state index contributed by atoms with van der Waals surface area (Å²) in [6, 6.07) is 60.8. The minimum Gasteiger partial charge on any atom is -0.308 e. The molecular formula is C54H30B5N7. The van der Waals surface area contributed by atoms with Gasteiger partial charge in [-0.2, -0.15) is 0 Å². The Bertz CT molecular complexity index is 3560. The van der Waals surface area contributed by atoms with Crippen LogP contribution >= 0.6 is 0 Å². The summed E-state index contributed by atoms with van der Waals surface area (Å²) in [5.74, 6) is 2.35. The van der Waals surface area contributed by atoms with Crippen LogP contribution < -0.4 is 27.3 Å². The molecular weight excluding hydrogens is 801 g/mol. The number of fused-ring (bicyclic) bond motifs is 3. The highest BCUT2D eigenvalue weighted by atomic mass is 15.1. The summed E-state index contributed by atoms with van der Waals surface area (Å²) in [4.78, 5) is 30.5. The van der Waals surface area contributed by atoms with Gasteiger partial charge in [-0.3, -0.25) is 0 Å². The first-order chi connectivity index (χ1) is 32.3. The van der Waals surface area contributed by atoms with E-state index in [0.717, 1.165) is 55.3 Å². The molecule has 3 heterocycles. The minimum atomic E-state index is 0.0893. The third-order valence-corrected chi connectivity index (χ3v) is 11.8.